The molecule has 0 spiro atoms. The Balaban J connectivity index is 1.84. The molecule has 2 fully saturated rings. The van der Waals surface area contributed by atoms with Crippen LogP contribution in [0.1, 0.15) is 96.3 Å². The van der Waals surface area contributed by atoms with Gasteiger partial charge in [-0.15, -0.1) is 0 Å². The molecule has 124 valence electrons. The van der Waals surface area contributed by atoms with Gasteiger partial charge in [0.1, 0.15) is 0 Å². The quantitative estimate of drug-likeness (QED) is 0.832. The third-order valence-corrected chi connectivity index (χ3v) is 7.19. The first-order valence-electron chi connectivity index (χ1n) is 9.19. The Morgan fingerprint density at radius 1 is 0.571 bits per heavy atom. The Labute approximate surface area is 131 Å². The van der Waals surface area contributed by atoms with E-state index in [2.05, 4.69) is 4.72 Å². The lowest BCUT2D eigenvalue weighted by molar-refractivity contribution is 0.437. The summed E-state index contributed by atoms with van der Waals surface area (Å²) in [7, 11) is -3.08. The Hall–Kier alpha value is -0.0900. The summed E-state index contributed by atoms with van der Waals surface area (Å²) >= 11 is 0. The largest absolute Gasteiger partial charge is 0.214 e. The molecule has 0 amide bonds. The van der Waals surface area contributed by atoms with Gasteiger partial charge in [0.05, 0.1) is 5.25 Å². The summed E-state index contributed by atoms with van der Waals surface area (Å²) in [6, 6.07) is 0.190. The van der Waals surface area contributed by atoms with Gasteiger partial charge in [-0.3, -0.25) is 0 Å². The van der Waals surface area contributed by atoms with E-state index in [9.17, 15) is 8.42 Å². The predicted molar refractivity (Wildman–Crippen MR) is 88.9 cm³/mol. The van der Waals surface area contributed by atoms with Gasteiger partial charge in [0.15, 0.2) is 0 Å². The van der Waals surface area contributed by atoms with E-state index in [0.717, 1.165) is 38.5 Å². The van der Waals surface area contributed by atoms with E-state index in [1.165, 1.54) is 57.8 Å². The second-order valence-electron chi connectivity index (χ2n) is 7.03. The highest BCUT2D eigenvalue weighted by Crippen LogP contribution is 2.25. The highest BCUT2D eigenvalue weighted by molar-refractivity contribution is 7.90. The number of rotatable bonds is 3. The Kier molecular flexibility index (Phi) is 7.51. The van der Waals surface area contributed by atoms with Gasteiger partial charge in [-0.25, -0.2) is 13.1 Å². The zero-order valence-corrected chi connectivity index (χ0v) is 14.3. The zero-order valence-electron chi connectivity index (χ0n) is 13.5. The fraction of sp³-hybridized carbons (Fsp3) is 1.00. The molecule has 0 aromatic rings. The maximum absolute atomic E-state index is 12.5. The highest BCUT2D eigenvalue weighted by atomic mass is 32.2. The molecule has 0 unspecified atom stereocenters. The molecule has 2 saturated carbocycles. The van der Waals surface area contributed by atoms with Crippen LogP contribution in [0.4, 0.5) is 0 Å². The van der Waals surface area contributed by atoms with Gasteiger partial charge in [0, 0.05) is 6.04 Å². The molecule has 2 aliphatic rings. The van der Waals surface area contributed by atoms with Crippen molar-refractivity contribution in [3.05, 3.63) is 0 Å². The maximum Gasteiger partial charge on any atom is 0.214 e. The summed E-state index contributed by atoms with van der Waals surface area (Å²) in [6.45, 7) is 0. The van der Waals surface area contributed by atoms with E-state index in [1.807, 2.05) is 0 Å². The highest BCUT2D eigenvalue weighted by Gasteiger charge is 2.30. The van der Waals surface area contributed by atoms with Crippen LogP contribution in [0, 0.1) is 0 Å². The van der Waals surface area contributed by atoms with Crippen molar-refractivity contribution in [1.29, 1.82) is 0 Å². The van der Waals surface area contributed by atoms with Crippen molar-refractivity contribution in [3.63, 3.8) is 0 Å². The van der Waals surface area contributed by atoms with Crippen LogP contribution in [0.2, 0.25) is 0 Å². The van der Waals surface area contributed by atoms with E-state index < -0.39 is 10.0 Å². The van der Waals surface area contributed by atoms with Crippen molar-refractivity contribution in [3.8, 4) is 0 Å². The lowest BCUT2D eigenvalue weighted by Gasteiger charge is -2.22. The van der Waals surface area contributed by atoms with Gasteiger partial charge in [-0.2, -0.15) is 0 Å². The van der Waals surface area contributed by atoms with Gasteiger partial charge in [-0.1, -0.05) is 70.6 Å². The molecule has 3 nitrogen and oxygen atoms in total. The summed E-state index contributed by atoms with van der Waals surface area (Å²) in [4.78, 5) is 0. The summed E-state index contributed by atoms with van der Waals surface area (Å²) in [5.41, 5.74) is 0. The van der Waals surface area contributed by atoms with Crippen LogP contribution in [0.3, 0.4) is 0 Å². The van der Waals surface area contributed by atoms with Crippen molar-refractivity contribution < 1.29 is 8.42 Å². The number of sulfonamides is 1. The average Bonchev–Trinajstić information content (AvgIpc) is 2.96. The van der Waals surface area contributed by atoms with Gasteiger partial charge in [0.2, 0.25) is 10.0 Å². The summed E-state index contributed by atoms with van der Waals surface area (Å²) in [5, 5.41) is -0.112. The monoisotopic (exact) mass is 315 g/mol. The predicted octanol–water partition coefficient (Wildman–Crippen LogP) is 4.52. The van der Waals surface area contributed by atoms with Crippen LogP contribution in [0.5, 0.6) is 0 Å². The van der Waals surface area contributed by atoms with Gasteiger partial charge >= 0.3 is 0 Å². The van der Waals surface area contributed by atoms with E-state index in [4.69, 9.17) is 0 Å². The van der Waals surface area contributed by atoms with Crippen LogP contribution in [-0.4, -0.2) is 19.7 Å². The minimum absolute atomic E-state index is 0.112. The van der Waals surface area contributed by atoms with Crippen molar-refractivity contribution in [2.75, 3.05) is 0 Å². The number of hydrogen-bond donors (Lipinski definition) is 1. The van der Waals surface area contributed by atoms with E-state index in [0.29, 0.717) is 0 Å². The van der Waals surface area contributed by atoms with E-state index in [1.54, 1.807) is 0 Å². The fourth-order valence-electron chi connectivity index (χ4n) is 3.81. The Morgan fingerprint density at radius 3 is 1.43 bits per heavy atom. The average molecular weight is 316 g/mol. The number of hydrogen-bond acceptors (Lipinski definition) is 2. The molecular formula is C17H33NO2S. The van der Waals surface area contributed by atoms with Gasteiger partial charge in [-0.05, 0) is 25.7 Å². The van der Waals surface area contributed by atoms with Crippen molar-refractivity contribution in [2.24, 2.45) is 0 Å². The molecule has 1 N–H and O–H groups in total. The molecule has 0 heterocycles. The molecule has 0 atom stereocenters. The first-order chi connectivity index (χ1) is 10.2. The van der Waals surface area contributed by atoms with Crippen LogP contribution < -0.4 is 4.72 Å². The molecule has 0 aromatic heterocycles. The summed E-state index contributed by atoms with van der Waals surface area (Å²) in [5.74, 6) is 0. The topological polar surface area (TPSA) is 46.2 Å². The van der Waals surface area contributed by atoms with Gasteiger partial charge < -0.3 is 0 Å². The molecule has 0 radical (unpaired) electrons. The van der Waals surface area contributed by atoms with Crippen LogP contribution in [-0.2, 0) is 10.0 Å². The molecule has 2 rings (SSSR count). The lowest BCUT2D eigenvalue weighted by atomic mass is 9.98. The van der Waals surface area contributed by atoms with E-state index >= 15 is 0 Å². The normalized spacial score (nSPS) is 25.3. The summed E-state index contributed by atoms with van der Waals surface area (Å²) < 4.78 is 28.0. The molecule has 0 aliphatic heterocycles. The van der Waals surface area contributed by atoms with Crippen LogP contribution in [0.25, 0.3) is 0 Å². The Morgan fingerprint density at radius 2 is 0.952 bits per heavy atom. The fourth-order valence-corrected chi connectivity index (χ4v) is 5.65. The van der Waals surface area contributed by atoms with Gasteiger partial charge in [0.25, 0.3) is 0 Å². The third kappa shape index (κ3) is 6.27. The molecular weight excluding hydrogens is 282 g/mol. The maximum atomic E-state index is 12.5. The van der Waals surface area contributed by atoms with Crippen molar-refractivity contribution in [1.82, 2.24) is 4.72 Å². The first kappa shape index (κ1) is 17.3. The molecule has 0 saturated heterocycles. The number of nitrogens with one attached hydrogen (secondary N) is 1. The Bertz CT molecular complexity index is 362. The molecule has 0 aromatic carbocycles. The molecule has 21 heavy (non-hydrogen) atoms. The molecule has 0 bridgehead atoms. The SMILES string of the molecule is O=S(=O)(NC1CCCCCCCCCCC1)C1CCCC1. The minimum atomic E-state index is -3.08. The van der Waals surface area contributed by atoms with Crippen LogP contribution in [0.15, 0.2) is 0 Å². The third-order valence-electron chi connectivity index (χ3n) is 5.18. The zero-order chi connectivity index (χ0) is 15.0. The molecule has 4 heteroatoms. The standard InChI is InChI=1S/C17H33NO2S/c19-21(20,17-14-10-11-15-17)18-16-12-8-6-4-2-1-3-5-7-9-13-16/h16-18H,1-15H2. The molecule has 2 aliphatic carbocycles. The second-order valence-corrected chi connectivity index (χ2v) is 9.02. The smallest absolute Gasteiger partial charge is 0.212 e. The lowest BCUT2D eigenvalue weighted by Crippen LogP contribution is -2.40. The minimum Gasteiger partial charge on any atom is -0.212 e. The van der Waals surface area contributed by atoms with Crippen LogP contribution >= 0.6 is 0 Å². The van der Waals surface area contributed by atoms with Crippen molar-refractivity contribution in [2.45, 2.75) is 108 Å². The van der Waals surface area contributed by atoms with E-state index in [-0.39, 0.29) is 11.3 Å². The summed E-state index contributed by atoms with van der Waals surface area (Å²) in [6.07, 6.45) is 17.6. The van der Waals surface area contributed by atoms with Crippen molar-refractivity contribution >= 4 is 10.0 Å². The first-order valence-corrected chi connectivity index (χ1v) is 10.7. The second kappa shape index (κ2) is 9.14.